The van der Waals surface area contributed by atoms with Crippen LogP contribution in [0.5, 0.6) is 0 Å². The van der Waals surface area contributed by atoms with Gasteiger partial charge in [0.2, 0.25) is 0 Å². The summed E-state index contributed by atoms with van der Waals surface area (Å²) in [5.74, 6) is 0.482. The highest BCUT2D eigenvalue weighted by atomic mass is 15.2. The molecule has 3 unspecified atom stereocenters. The second-order valence-corrected chi connectivity index (χ2v) is 8.35. The summed E-state index contributed by atoms with van der Waals surface area (Å²) in [5, 5.41) is 4.01. The summed E-state index contributed by atoms with van der Waals surface area (Å²) < 4.78 is 0. The number of hydrogen-bond acceptors (Lipinski definition) is 2. The SMILES string of the molecule is CCCCN1CCCCC1CNC1Cc2ccccc2C1c1ccccc1. The summed E-state index contributed by atoms with van der Waals surface area (Å²) in [5.41, 5.74) is 4.49. The average molecular weight is 363 g/mol. The fraction of sp³-hybridized carbons (Fsp3) is 0.520. The molecule has 0 amide bonds. The molecule has 3 atom stereocenters. The van der Waals surface area contributed by atoms with Crippen molar-refractivity contribution >= 4 is 0 Å². The van der Waals surface area contributed by atoms with Crippen molar-refractivity contribution in [2.24, 2.45) is 0 Å². The smallest absolute Gasteiger partial charge is 0.0249 e. The lowest BCUT2D eigenvalue weighted by Gasteiger charge is -2.37. The maximum absolute atomic E-state index is 4.01. The predicted molar refractivity (Wildman–Crippen MR) is 114 cm³/mol. The van der Waals surface area contributed by atoms with Crippen LogP contribution in [0.1, 0.15) is 61.6 Å². The van der Waals surface area contributed by atoms with Crippen molar-refractivity contribution in [2.75, 3.05) is 19.6 Å². The van der Waals surface area contributed by atoms with Crippen LogP contribution in [0.4, 0.5) is 0 Å². The third-order valence-corrected chi connectivity index (χ3v) is 6.55. The van der Waals surface area contributed by atoms with Crippen LogP contribution in [0.15, 0.2) is 54.6 Å². The standard InChI is InChI=1S/C25H34N2/c1-2-3-16-27-17-10-9-14-22(27)19-26-24-18-21-13-7-8-15-23(21)25(24)20-11-5-4-6-12-20/h4-8,11-13,15,22,24-26H,2-3,9-10,14,16-19H2,1H3. The van der Waals surface area contributed by atoms with Crippen molar-refractivity contribution in [1.29, 1.82) is 0 Å². The number of benzene rings is 2. The Hall–Kier alpha value is -1.64. The molecule has 0 saturated carbocycles. The number of rotatable bonds is 7. The monoisotopic (exact) mass is 362 g/mol. The van der Waals surface area contributed by atoms with E-state index in [0.717, 1.165) is 13.0 Å². The van der Waals surface area contributed by atoms with Crippen molar-refractivity contribution in [1.82, 2.24) is 10.2 Å². The summed E-state index contributed by atoms with van der Waals surface area (Å²) in [4.78, 5) is 2.75. The molecule has 1 heterocycles. The Morgan fingerprint density at radius 3 is 2.67 bits per heavy atom. The molecule has 1 aliphatic heterocycles. The van der Waals surface area contributed by atoms with Gasteiger partial charge in [-0.15, -0.1) is 0 Å². The Balaban J connectivity index is 1.47. The van der Waals surface area contributed by atoms with Crippen molar-refractivity contribution < 1.29 is 0 Å². The molecule has 0 radical (unpaired) electrons. The maximum Gasteiger partial charge on any atom is 0.0249 e. The van der Waals surface area contributed by atoms with Crippen LogP contribution >= 0.6 is 0 Å². The number of unbranched alkanes of at least 4 members (excludes halogenated alkanes) is 1. The maximum atomic E-state index is 4.01. The molecule has 1 N–H and O–H groups in total. The van der Waals surface area contributed by atoms with E-state index in [0.29, 0.717) is 18.0 Å². The van der Waals surface area contributed by atoms with Gasteiger partial charge < -0.3 is 5.32 Å². The first-order chi connectivity index (χ1) is 13.4. The van der Waals surface area contributed by atoms with Gasteiger partial charge in [-0.2, -0.15) is 0 Å². The first kappa shape index (κ1) is 18.7. The molecule has 2 nitrogen and oxygen atoms in total. The van der Waals surface area contributed by atoms with E-state index in [4.69, 9.17) is 0 Å². The summed E-state index contributed by atoms with van der Waals surface area (Å²) in [6.07, 6.45) is 7.90. The highest BCUT2D eigenvalue weighted by Crippen LogP contribution is 2.38. The quantitative estimate of drug-likeness (QED) is 0.747. The van der Waals surface area contributed by atoms with Gasteiger partial charge in [0.25, 0.3) is 0 Å². The third-order valence-electron chi connectivity index (χ3n) is 6.55. The lowest BCUT2D eigenvalue weighted by atomic mass is 9.90. The lowest BCUT2D eigenvalue weighted by Crippen LogP contribution is -2.48. The van der Waals surface area contributed by atoms with Crippen LogP contribution in [-0.4, -0.2) is 36.6 Å². The molecule has 1 saturated heterocycles. The molecule has 2 aromatic rings. The molecule has 1 aliphatic carbocycles. The van der Waals surface area contributed by atoms with Crippen molar-refractivity contribution in [3.63, 3.8) is 0 Å². The highest BCUT2D eigenvalue weighted by molar-refractivity contribution is 5.44. The molecule has 2 aliphatic rings. The van der Waals surface area contributed by atoms with Crippen molar-refractivity contribution in [2.45, 2.75) is 63.5 Å². The van der Waals surface area contributed by atoms with Gasteiger partial charge in [-0.25, -0.2) is 0 Å². The van der Waals surface area contributed by atoms with Crippen molar-refractivity contribution in [3.8, 4) is 0 Å². The molecule has 0 spiro atoms. The van der Waals surface area contributed by atoms with Gasteiger partial charge in [-0.3, -0.25) is 4.90 Å². The number of nitrogens with one attached hydrogen (secondary N) is 1. The van der Waals surface area contributed by atoms with Gasteiger partial charge in [0.1, 0.15) is 0 Å². The molecule has 4 rings (SSSR count). The second-order valence-electron chi connectivity index (χ2n) is 8.35. The van der Waals surface area contributed by atoms with Crippen LogP contribution in [-0.2, 0) is 6.42 Å². The molecule has 2 heteroatoms. The summed E-state index contributed by atoms with van der Waals surface area (Å²) in [6.45, 7) is 6.00. The van der Waals surface area contributed by atoms with E-state index in [2.05, 4.69) is 71.7 Å². The number of likely N-dealkylation sites (tertiary alicyclic amines) is 1. The molecule has 144 valence electrons. The van der Waals surface area contributed by atoms with E-state index < -0.39 is 0 Å². The van der Waals surface area contributed by atoms with E-state index in [1.54, 1.807) is 0 Å². The topological polar surface area (TPSA) is 15.3 Å². The molecule has 0 aromatic heterocycles. The van der Waals surface area contributed by atoms with E-state index in [-0.39, 0.29) is 0 Å². The first-order valence-electron chi connectivity index (χ1n) is 11.0. The van der Waals surface area contributed by atoms with E-state index >= 15 is 0 Å². The first-order valence-corrected chi connectivity index (χ1v) is 11.0. The normalized spacial score (nSPS) is 25.4. The Morgan fingerprint density at radius 2 is 1.81 bits per heavy atom. The van der Waals surface area contributed by atoms with E-state index in [9.17, 15) is 0 Å². The zero-order valence-corrected chi connectivity index (χ0v) is 16.7. The molecule has 1 fully saturated rings. The fourth-order valence-corrected chi connectivity index (χ4v) is 5.09. The minimum Gasteiger partial charge on any atom is -0.311 e. The fourth-order valence-electron chi connectivity index (χ4n) is 5.09. The lowest BCUT2D eigenvalue weighted by molar-refractivity contribution is 0.140. The zero-order valence-electron chi connectivity index (χ0n) is 16.7. The third kappa shape index (κ3) is 4.28. The average Bonchev–Trinajstić information content (AvgIpc) is 3.10. The summed E-state index contributed by atoms with van der Waals surface area (Å²) in [7, 11) is 0. The van der Waals surface area contributed by atoms with Crippen LogP contribution in [0, 0.1) is 0 Å². The minimum absolute atomic E-state index is 0.482. The second kappa shape index (κ2) is 9.03. The van der Waals surface area contributed by atoms with E-state index in [1.807, 2.05) is 0 Å². The minimum atomic E-state index is 0.482. The van der Waals surface area contributed by atoms with Crippen LogP contribution in [0.25, 0.3) is 0 Å². The number of fused-ring (bicyclic) bond motifs is 1. The van der Waals surface area contributed by atoms with Crippen LogP contribution in [0.2, 0.25) is 0 Å². The Labute approximate surface area is 165 Å². The highest BCUT2D eigenvalue weighted by Gasteiger charge is 2.34. The van der Waals surface area contributed by atoms with Gasteiger partial charge >= 0.3 is 0 Å². The summed E-state index contributed by atoms with van der Waals surface area (Å²) in [6, 6.07) is 21.4. The van der Waals surface area contributed by atoms with Crippen LogP contribution in [0.3, 0.4) is 0 Å². The van der Waals surface area contributed by atoms with Gasteiger partial charge in [0.15, 0.2) is 0 Å². The predicted octanol–water partition coefficient (Wildman–Crippen LogP) is 4.99. The van der Waals surface area contributed by atoms with Crippen molar-refractivity contribution in [3.05, 3.63) is 71.3 Å². The zero-order chi connectivity index (χ0) is 18.5. The number of nitrogens with zero attached hydrogens (tertiary/aromatic N) is 1. The van der Waals surface area contributed by atoms with Gasteiger partial charge in [-0.1, -0.05) is 74.4 Å². The summed E-state index contributed by atoms with van der Waals surface area (Å²) >= 11 is 0. The Morgan fingerprint density at radius 1 is 1.00 bits per heavy atom. The molecule has 2 aromatic carbocycles. The van der Waals surface area contributed by atoms with Crippen LogP contribution < -0.4 is 5.32 Å². The largest absolute Gasteiger partial charge is 0.311 e. The van der Waals surface area contributed by atoms with Gasteiger partial charge in [-0.05, 0) is 55.5 Å². The molecular formula is C25H34N2. The van der Waals surface area contributed by atoms with E-state index in [1.165, 1.54) is 61.9 Å². The molecule has 0 bridgehead atoms. The number of piperidine rings is 1. The molecule has 27 heavy (non-hydrogen) atoms. The molecular weight excluding hydrogens is 328 g/mol. The number of hydrogen-bond donors (Lipinski definition) is 1. The Kier molecular flexibility index (Phi) is 6.26. The van der Waals surface area contributed by atoms with Gasteiger partial charge in [0.05, 0.1) is 0 Å². The van der Waals surface area contributed by atoms with Gasteiger partial charge in [0, 0.05) is 24.5 Å². The Bertz CT molecular complexity index is 711.